The predicted octanol–water partition coefficient (Wildman–Crippen LogP) is 2.62. The first-order valence-corrected chi connectivity index (χ1v) is 6.51. The fourth-order valence-electron chi connectivity index (χ4n) is 2.00. The van der Waals surface area contributed by atoms with Crippen LogP contribution >= 0.6 is 15.9 Å². The van der Waals surface area contributed by atoms with Gasteiger partial charge >= 0.3 is 5.97 Å². The van der Waals surface area contributed by atoms with E-state index in [1.807, 2.05) is 0 Å². The van der Waals surface area contributed by atoms with E-state index >= 15 is 0 Å². The van der Waals surface area contributed by atoms with Crippen LogP contribution in [0.1, 0.15) is 29.6 Å². The molecule has 5 heteroatoms. The van der Waals surface area contributed by atoms with E-state index in [9.17, 15) is 4.79 Å². The second kappa shape index (κ2) is 5.49. The summed E-state index contributed by atoms with van der Waals surface area (Å²) in [6, 6.07) is 3.47. The summed E-state index contributed by atoms with van der Waals surface area (Å²) in [6.07, 6.45) is 3.64. The molecule has 92 valence electrons. The molecule has 0 bridgehead atoms. The summed E-state index contributed by atoms with van der Waals surface area (Å²) in [7, 11) is 1.39. The smallest absolute Gasteiger partial charge is 0.338 e. The lowest BCUT2D eigenvalue weighted by molar-refractivity contribution is 0.0600. The van der Waals surface area contributed by atoms with Crippen LogP contribution in [-0.2, 0) is 4.74 Å². The number of rotatable bonds is 2. The van der Waals surface area contributed by atoms with E-state index in [-0.39, 0.29) is 5.97 Å². The number of carbonyl (C=O) groups is 1. The van der Waals surface area contributed by atoms with E-state index in [2.05, 4.69) is 25.8 Å². The summed E-state index contributed by atoms with van der Waals surface area (Å²) < 4.78 is 5.40. The molecule has 0 spiro atoms. The Balaban J connectivity index is 2.27. The van der Waals surface area contributed by atoms with Crippen LogP contribution in [0.2, 0.25) is 0 Å². The molecule has 0 saturated carbocycles. The van der Waals surface area contributed by atoms with E-state index in [0.717, 1.165) is 18.9 Å². The first-order chi connectivity index (χ1) is 8.20. The van der Waals surface area contributed by atoms with E-state index in [1.165, 1.54) is 26.4 Å². The molecule has 1 fully saturated rings. The highest BCUT2D eigenvalue weighted by Crippen LogP contribution is 2.22. The van der Waals surface area contributed by atoms with E-state index < -0.39 is 0 Å². The Hall–Kier alpha value is -1.10. The summed E-state index contributed by atoms with van der Waals surface area (Å²) in [6.45, 7) is 2.01. The number of nitrogens with zero attached hydrogens (tertiary/aromatic N) is 2. The van der Waals surface area contributed by atoms with Gasteiger partial charge in [-0.05, 0) is 47.3 Å². The van der Waals surface area contributed by atoms with Gasteiger partial charge in [0.2, 0.25) is 0 Å². The minimum atomic E-state index is -0.327. The monoisotopic (exact) mass is 298 g/mol. The molecular formula is C12H15BrN2O2. The van der Waals surface area contributed by atoms with Gasteiger partial charge in [-0.15, -0.1) is 0 Å². The van der Waals surface area contributed by atoms with Crippen LogP contribution < -0.4 is 4.90 Å². The molecule has 1 aromatic rings. The van der Waals surface area contributed by atoms with Crippen molar-refractivity contribution < 1.29 is 9.53 Å². The van der Waals surface area contributed by atoms with Gasteiger partial charge in [0, 0.05) is 13.1 Å². The fraction of sp³-hybridized carbons (Fsp3) is 0.500. The number of esters is 1. The molecule has 0 aromatic carbocycles. The third kappa shape index (κ3) is 2.97. The van der Waals surface area contributed by atoms with Gasteiger partial charge < -0.3 is 9.64 Å². The molecule has 0 radical (unpaired) electrons. The Bertz CT molecular complexity index is 417. The summed E-state index contributed by atoms with van der Waals surface area (Å²) >= 11 is 3.33. The molecule has 0 atom stereocenters. The summed E-state index contributed by atoms with van der Waals surface area (Å²) in [4.78, 5) is 18.1. The average Bonchev–Trinajstić information content (AvgIpc) is 2.38. The van der Waals surface area contributed by atoms with Gasteiger partial charge in [-0.25, -0.2) is 9.78 Å². The number of piperidine rings is 1. The Morgan fingerprint density at radius 3 is 2.71 bits per heavy atom. The molecule has 1 aliphatic heterocycles. The third-order valence-electron chi connectivity index (χ3n) is 2.88. The van der Waals surface area contributed by atoms with Gasteiger partial charge in [-0.2, -0.15) is 0 Å². The molecule has 0 amide bonds. The fourth-order valence-corrected chi connectivity index (χ4v) is 2.43. The number of ether oxygens (including phenoxy) is 1. The number of hydrogen-bond acceptors (Lipinski definition) is 4. The van der Waals surface area contributed by atoms with Gasteiger partial charge in [0.25, 0.3) is 0 Å². The van der Waals surface area contributed by atoms with Crippen molar-refractivity contribution in [1.29, 1.82) is 0 Å². The van der Waals surface area contributed by atoms with Gasteiger partial charge in [-0.1, -0.05) is 0 Å². The van der Waals surface area contributed by atoms with E-state index in [4.69, 9.17) is 4.74 Å². The second-order valence-corrected chi connectivity index (χ2v) is 4.89. The van der Waals surface area contributed by atoms with Gasteiger partial charge in [0.05, 0.1) is 12.7 Å². The lowest BCUT2D eigenvalue weighted by Crippen LogP contribution is -2.30. The number of anilines is 1. The maximum absolute atomic E-state index is 11.5. The normalized spacial score (nSPS) is 15.8. The SMILES string of the molecule is COC(=O)c1cc(Br)nc(N2CCCCC2)c1. The zero-order valence-corrected chi connectivity index (χ0v) is 11.4. The third-order valence-corrected chi connectivity index (χ3v) is 3.29. The number of methoxy groups -OCH3 is 1. The molecule has 1 aliphatic rings. The van der Waals surface area contributed by atoms with Crippen molar-refractivity contribution in [2.45, 2.75) is 19.3 Å². The minimum absolute atomic E-state index is 0.327. The van der Waals surface area contributed by atoms with Gasteiger partial charge in [-0.3, -0.25) is 0 Å². The Morgan fingerprint density at radius 1 is 1.35 bits per heavy atom. The molecule has 1 aromatic heterocycles. The van der Waals surface area contributed by atoms with Crippen LogP contribution in [0.15, 0.2) is 16.7 Å². The van der Waals surface area contributed by atoms with Crippen LogP contribution in [0.4, 0.5) is 5.82 Å². The first-order valence-electron chi connectivity index (χ1n) is 5.71. The highest BCUT2D eigenvalue weighted by molar-refractivity contribution is 9.10. The zero-order chi connectivity index (χ0) is 12.3. The van der Waals surface area contributed by atoms with Gasteiger partial charge in [0.15, 0.2) is 0 Å². The average molecular weight is 299 g/mol. The lowest BCUT2D eigenvalue weighted by atomic mass is 10.1. The standard InChI is InChI=1S/C12H15BrN2O2/c1-17-12(16)9-7-10(13)14-11(8-9)15-5-3-2-4-6-15/h7-8H,2-6H2,1H3. The number of carbonyl (C=O) groups excluding carboxylic acids is 1. The summed E-state index contributed by atoms with van der Waals surface area (Å²) in [5, 5.41) is 0. The van der Waals surface area contributed by atoms with Crippen molar-refractivity contribution in [2.24, 2.45) is 0 Å². The number of aromatic nitrogens is 1. The molecule has 17 heavy (non-hydrogen) atoms. The van der Waals surface area contributed by atoms with Crippen LogP contribution in [-0.4, -0.2) is 31.2 Å². The first kappa shape index (κ1) is 12.4. The Labute approximate surface area is 109 Å². The molecule has 2 rings (SSSR count). The summed E-state index contributed by atoms with van der Waals surface area (Å²) in [5.74, 6) is 0.519. The number of pyridine rings is 1. The maximum atomic E-state index is 11.5. The molecular weight excluding hydrogens is 284 g/mol. The lowest BCUT2D eigenvalue weighted by Gasteiger charge is -2.28. The van der Waals surface area contributed by atoms with Crippen LogP contribution in [0.3, 0.4) is 0 Å². The van der Waals surface area contributed by atoms with Crippen molar-refractivity contribution in [1.82, 2.24) is 4.98 Å². The number of halogens is 1. The molecule has 0 unspecified atom stereocenters. The van der Waals surface area contributed by atoms with Crippen LogP contribution in [0, 0.1) is 0 Å². The maximum Gasteiger partial charge on any atom is 0.338 e. The highest BCUT2D eigenvalue weighted by Gasteiger charge is 2.15. The number of hydrogen-bond donors (Lipinski definition) is 0. The Kier molecular flexibility index (Phi) is 3.99. The molecule has 0 aliphatic carbocycles. The molecule has 1 saturated heterocycles. The van der Waals surface area contributed by atoms with E-state index in [1.54, 1.807) is 12.1 Å². The van der Waals surface area contributed by atoms with Crippen molar-refractivity contribution in [3.8, 4) is 0 Å². The largest absolute Gasteiger partial charge is 0.465 e. The molecule has 4 nitrogen and oxygen atoms in total. The topological polar surface area (TPSA) is 42.4 Å². The quantitative estimate of drug-likeness (QED) is 0.622. The van der Waals surface area contributed by atoms with Crippen LogP contribution in [0.25, 0.3) is 0 Å². The van der Waals surface area contributed by atoms with Crippen molar-refractivity contribution in [2.75, 3.05) is 25.1 Å². The van der Waals surface area contributed by atoms with Crippen molar-refractivity contribution in [3.05, 3.63) is 22.3 Å². The Morgan fingerprint density at radius 2 is 2.06 bits per heavy atom. The van der Waals surface area contributed by atoms with Crippen molar-refractivity contribution >= 4 is 27.7 Å². The van der Waals surface area contributed by atoms with Crippen molar-refractivity contribution in [3.63, 3.8) is 0 Å². The predicted molar refractivity (Wildman–Crippen MR) is 69.3 cm³/mol. The summed E-state index contributed by atoms with van der Waals surface area (Å²) in [5.41, 5.74) is 0.537. The highest BCUT2D eigenvalue weighted by atomic mass is 79.9. The van der Waals surface area contributed by atoms with Gasteiger partial charge in [0.1, 0.15) is 10.4 Å². The van der Waals surface area contributed by atoms with Crippen LogP contribution in [0.5, 0.6) is 0 Å². The second-order valence-electron chi connectivity index (χ2n) is 4.08. The zero-order valence-electron chi connectivity index (χ0n) is 9.78. The molecule has 2 heterocycles. The molecule has 0 N–H and O–H groups in total. The minimum Gasteiger partial charge on any atom is -0.465 e. The van der Waals surface area contributed by atoms with E-state index in [0.29, 0.717) is 10.2 Å².